The third kappa shape index (κ3) is 2.87. The van der Waals surface area contributed by atoms with E-state index in [9.17, 15) is 14.5 Å². The number of nitrogen functional groups attached to an aromatic ring is 1. The molecule has 0 saturated carbocycles. The normalized spacial score (nSPS) is 12.2. The molecule has 0 saturated heterocycles. The van der Waals surface area contributed by atoms with Crippen molar-refractivity contribution in [3.63, 3.8) is 0 Å². The van der Waals surface area contributed by atoms with E-state index in [1.807, 2.05) is 0 Å². The maximum Gasteiger partial charge on any atom is 0.326 e. The van der Waals surface area contributed by atoms with Gasteiger partial charge in [-0.05, 0) is 11.1 Å². The largest absolute Gasteiger partial charge is 0.480 e. The molecule has 0 aliphatic carbocycles. The van der Waals surface area contributed by atoms with E-state index in [0.29, 0.717) is 0 Å². The monoisotopic (exact) mass is 269 g/mol. The van der Waals surface area contributed by atoms with Crippen LogP contribution >= 0.6 is 0 Å². The van der Waals surface area contributed by atoms with Gasteiger partial charge in [0, 0.05) is 7.05 Å². The fourth-order valence-corrected chi connectivity index (χ4v) is 1.47. The van der Waals surface area contributed by atoms with Crippen molar-refractivity contribution >= 4 is 23.4 Å². The number of hydrogen-bond donors (Lipinski definition) is 3. The van der Waals surface area contributed by atoms with Crippen molar-refractivity contribution in [3.8, 4) is 0 Å². The number of aliphatic carboxylic acids is 1. The van der Waals surface area contributed by atoms with Crippen LogP contribution in [0.2, 0.25) is 0 Å². The van der Waals surface area contributed by atoms with E-state index in [-0.39, 0.29) is 17.7 Å². The van der Waals surface area contributed by atoms with Crippen molar-refractivity contribution in [2.75, 3.05) is 11.1 Å². The number of nitrogens with zero attached hydrogens (tertiary/aromatic N) is 3. The molecular formula is C10H15N5O4. The summed E-state index contributed by atoms with van der Waals surface area (Å²) in [6.45, 7) is 3.41. The second kappa shape index (κ2) is 5.46. The molecule has 9 heteroatoms. The number of carbonyl (C=O) groups is 1. The molecule has 0 radical (unpaired) electrons. The lowest BCUT2D eigenvalue weighted by Crippen LogP contribution is -2.37. The Balaban J connectivity index is 3.26. The van der Waals surface area contributed by atoms with Gasteiger partial charge in [-0.25, -0.2) is 4.79 Å². The molecule has 1 rings (SSSR count). The fraction of sp³-hybridized carbons (Fsp3) is 0.500. The number of nitroso groups, excluding NO2 is 1. The lowest BCUT2D eigenvalue weighted by Gasteiger charge is -2.20. The molecule has 1 heterocycles. The summed E-state index contributed by atoms with van der Waals surface area (Å²) in [5.74, 6) is -1.69. The number of nitrogens with one attached hydrogen (secondary N) is 1. The van der Waals surface area contributed by atoms with Gasteiger partial charge < -0.3 is 16.2 Å². The molecule has 19 heavy (non-hydrogen) atoms. The molecule has 0 fully saturated rings. The van der Waals surface area contributed by atoms with Gasteiger partial charge in [-0.1, -0.05) is 13.8 Å². The average Bonchev–Trinajstić information content (AvgIpc) is 2.31. The predicted molar refractivity (Wildman–Crippen MR) is 69.2 cm³/mol. The van der Waals surface area contributed by atoms with E-state index < -0.39 is 23.3 Å². The molecule has 4 N–H and O–H groups in total. The van der Waals surface area contributed by atoms with E-state index in [1.54, 1.807) is 13.8 Å². The van der Waals surface area contributed by atoms with Gasteiger partial charge in [-0.2, -0.15) is 4.98 Å². The molecule has 0 aromatic carbocycles. The van der Waals surface area contributed by atoms with E-state index in [0.717, 1.165) is 4.57 Å². The fourth-order valence-electron chi connectivity index (χ4n) is 1.47. The van der Waals surface area contributed by atoms with Crippen LogP contribution in [0.4, 0.5) is 17.5 Å². The standard InChI is InChI=1S/C10H15N5O4/c1-4(2)5(9(17)18)12-10-13-7(11)6(14-19)8(16)15(10)3/h4-5H,11H2,1-3H3,(H,12,13)(H,17,18)/t5-/m0/s1. The molecule has 0 unspecified atom stereocenters. The molecular weight excluding hydrogens is 254 g/mol. The van der Waals surface area contributed by atoms with E-state index >= 15 is 0 Å². The molecule has 9 nitrogen and oxygen atoms in total. The Morgan fingerprint density at radius 2 is 2.11 bits per heavy atom. The van der Waals surface area contributed by atoms with E-state index in [2.05, 4.69) is 15.5 Å². The maximum absolute atomic E-state index is 11.7. The van der Waals surface area contributed by atoms with Gasteiger partial charge in [0.1, 0.15) is 6.04 Å². The van der Waals surface area contributed by atoms with Crippen LogP contribution in [-0.4, -0.2) is 26.7 Å². The summed E-state index contributed by atoms with van der Waals surface area (Å²) in [5, 5.41) is 14.2. The summed E-state index contributed by atoms with van der Waals surface area (Å²) < 4.78 is 0.991. The Morgan fingerprint density at radius 1 is 1.53 bits per heavy atom. The summed E-state index contributed by atoms with van der Waals surface area (Å²) in [4.78, 5) is 37.0. The SMILES string of the molecule is CC(C)[C@H](Nc1nc(N)c(N=O)c(=O)n1C)C(=O)O. The zero-order valence-electron chi connectivity index (χ0n) is 10.7. The lowest BCUT2D eigenvalue weighted by molar-refractivity contribution is -0.138. The lowest BCUT2D eigenvalue weighted by atomic mass is 10.1. The van der Waals surface area contributed by atoms with Crippen LogP contribution < -0.4 is 16.6 Å². The Kier molecular flexibility index (Phi) is 4.20. The van der Waals surface area contributed by atoms with Crippen LogP contribution in [0, 0.1) is 10.8 Å². The van der Waals surface area contributed by atoms with Crippen molar-refractivity contribution in [1.82, 2.24) is 9.55 Å². The number of anilines is 2. The zero-order valence-corrected chi connectivity index (χ0v) is 10.7. The van der Waals surface area contributed by atoms with Crippen molar-refractivity contribution in [2.24, 2.45) is 18.1 Å². The first-order valence-electron chi connectivity index (χ1n) is 5.48. The third-order valence-electron chi connectivity index (χ3n) is 2.60. The molecule has 1 atom stereocenters. The molecule has 0 amide bonds. The van der Waals surface area contributed by atoms with Gasteiger partial charge in [0.25, 0.3) is 5.56 Å². The number of nitrogens with two attached hydrogens (primary N) is 1. The topological polar surface area (TPSA) is 140 Å². The molecule has 1 aromatic rings. The van der Waals surface area contributed by atoms with Gasteiger partial charge in [0.15, 0.2) is 5.82 Å². The minimum Gasteiger partial charge on any atom is -0.480 e. The van der Waals surface area contributed by atoms with Crippen LogP contribution in [-0.2, 0) is 11.8 Å². The summed E-state index contributed by atoms with van der Waals surface area (Å²) in [7, 11) is 1.34. The summed E-state index contributed by atoms with van der Waals surface area (Å²) in [6.07, 6.45) is 0. The highest BCUT2D eigenvalue weighted by molar-refractivity contribution is 5.77. The minimum absolute atomic E-state index is 0.0315. The van der Waals surface area contributed by atoms with Gasteiger partial charge in [-0.15, -0.1) is 4.91 Å². The van der Waals surface area contributed by atoms with Crippen molar-refractivity contribution < 1.29 is 9.90 Å². The number of carboxylic acids is 1. The Bertz CT molecular complexity index is 566. The van der Waals surface area contributed by atoms with Gasteiger partial charge >= 0.3 is 5.97 Å². The highest BCUT2D eigenvalue weighted by Gasteiger charge is 2.24. The predicted octanol–water partition coefficient (Wildman–Crippen LogP) is 0.281. The van der Waals surface area contributed by atoms with Gasteiger partial charge in [-0.3, -0.25) is 9.36 Å². The second-order valence-corrected chi connectivity index (χ2v) is 4.33. The summed E-state index contributed by atoms with van der Waals surface area (Å²) >= 11 is 0. The first-order chi connectivity index (χ1) is 8.79. The van der Waals surface area contributed by atoms with Crippen molar-refractivity contribution in [1.29, 1.82) is 0 Å². The molecule has 0 aliphatic heterocycles. The molecule has 104 valence electrons. The summed E-state index contributed by atoms with van der Waals surface area (Å²) in [6, 6.07) is -0.937. The molecule has 0 aliphatic rings. The van der Waals surface area contributed by atoms with E-state index in [4.69, 9.17) is 10.8 Å². The average molecular weight is 269 g/mol. The first-order valence-corrected chi connectivity index (χ1v) is 5.48. The maximum atomic E-state index is 11.7. The van der Waals surface area contributed by atoms with E-state index in [1.165, 1.54) is 7.05 Å². The van der Waals surface area contributed by atoms with Crippen molar-refractivity contribution in [2.45, 2.75) is 19.9 Å². The summed E-state index contributed by atoms with van der Waals surface area (Å²) in [5.41, 5.74) is 4.19. The zero-order chi connectivity index (χ0) is 14.7. The number of hydrogen-bond acceptors (Lipinski definition) is 7. The Labute approximate surface area is 108 Å². The van der Waals surface area contributed by atoms with Gasteiger partial charge in [0.2, 0.25) is 11.6 Å². The van der Waals surface area contributed by atoms with Crippen LogP contribution in [0.25, 0.3) is 0 Å². The highest BCUT2D eigenvalue weighted by atomic mass is 16.4. The third-order valence-corrected chi connectivity index (χ3v) is 2.60. The Hall–Kier alpha value is -2.45. The second-order valence-electron chi connectivity index (χ2n) is 4.33. The van der Waals surface area contributed by atoms with Crippen LogP contribution in [0.3, 0.4) is 0 Å². The van der Waals surface area contributed by atoms with Crippen molar-refractivity contribution in [3.05, 3.63) is 15.3 Å². The quantitative estimate of drug-likeness (QED) is 0.652. The van der Waals surface area contributed by atoms with Crippen LogP contribution in [0.1, 0.15) is 13.8 Å². The van der Waals surface area contributed by atoms with Crippen LogP contribution in [0.15, 0.2) is 9.97 Å². The van der Waals surface area contributed by atoms with Crippen LogP contribution in [0.5, 0.6) is 0 Å². The molecule has 1 aromatic heterocycles. The number of carboxylic acid groups (broad SMARTS) is 1. The smallest absolute Gasteiger partial charge is 0.326 e. The molecule has 0 bridgehead atoms. The highest BCUT2D eigenvalue weighted by Crippen LogP contribution is 2.17. The van der Waals surface area contributed by atoms with Gasteiger partial charge in [0.05, 0.1) is 0 Å². The number of aromatic nitrogens is 2. The number of rotatable bonds is 5. The first kappa shape index (κ1) is 14.6. The minimum atomic E-state index is -1.08. The molecule has 0 spiro atoms. The Morgan fingerprint density at radius 3 is 2.53 bits per heavy atom.